The zero-order chi connectivity index (χ0) is 14.6. The van der Waals surface area contributed by atoms with Gasteiger partial charge in [-0.05, 0) is 45.1 Å². The Bertz CT molecular complexity index is 447. The van der Waals surface area contributed by atoms with E-state index >= 15 is 0 Å². The summed E-state index contributed by atoms with van der Waals surface area (Å²) in [4.78, 5) is 12.4. The van der Waals surface area contributed by atoms with Crippen LogP contribution in [-0.2, 0) is 11.2 Å². The summed E-state index contributed by atoms with van der Waals surface area (Å²) >= 11 is 0. The van der Waals surface area contributed by atoms with Gasteiger partial charge >= 0.3 is 0 Å². The molecule has 1 aromatic rings. The molecule has 1 fully saturated rings. The van der Waals surface area contributed by atoms with E-state index in [1.165, 1.54) is 5.56 Å². The zero-order valence-corrected chi connectivity index (χ0v) is 12.6. The lowest BCUT2D eigenvalue weighted by molar-refractivity contribution is -0.127. The van der Waals surface area contributed by atoms with Crippen LogP contribution >= 0.6 is 0 Å². The Morgan fingerprint density at radius 2 is 1.85 bits per heavy atom. The average molecular weight is 274 g/mol. The van der Waals surface area contributed by atoms with Gasteiger partial charge in [-0.25, -0.2) is 0 Å². The Hall–Kier alpha value is -1.35. The molecule has 2 rings (SSSR count). The van der Waals surface area contributed by atoms with E-state index in [4.69, 9.17) is 5.73 Å². The fraction of sp³-hybridized carbons (Fsp3) is 0.588. The van der Waals surface area contributed by atoms with Crippen LogP contribution in [0.25, 0.3) is 0 Å². The third kappa shape index (κ3) is 3.83. The van der Waals surface area contributed by atoms with E-state index < -0.39 is 5.54 Å². The van der Waals surface area contributed by atoms with Crippen LogP contribution in [0, 0.1) is 0 Å². The molecule has 1 amide bonds. The van der Waals surface area contributed by atoms with Crippen molar-refractivity contribution in [3.8, 4) is 0 Å². The van der Waals surface area contributed by atoms with E-state index in [0.29, 0.717) is 0 Å². The van der Waals surface area contributed by atoms with Crippen LogP contribution in [0.15, 0.2) is 30.3 Å². The molecule has 20 heavy (non-hydrogen) atoms. The second-order valence-electron chi connectivity index (χ2n) is 6.69. The first-order valence-corrected chi connectivity index (χ1v) is 7.57. The molecule has 3 N–H and O–H groups in total. The van der Waals surface area contributed by atoms with E-state index in [-0.39, 0.29) is 11.4 Å². The maximum Gasteiger partial charge on any atom is 0.240 e. The molecular weight excluding hydrogens is 248 g/mol. The van der Waals surface area contributed by atoms with Crippen LogP contribution in [-0.4, -0.2) is 17.0 Å². The molecule has 0 saturated heterocycles. The summed E-state index contributed by atoms with van der Waals surface area (Å²) in [6.07, 6.45) is 5.63. The van der Waals surface area contributed by atoms with Gasteiger partial charge in [0.2, 0.25) is 5.91 Å². The zero-order valence-electron chi connectivity index (χ0n) is 12.6. The monoisotopic (exact) mass is 274 g/mol. The molecule has 110 valence electrons. The highest BCUT2D eigenvalue weighted by Crippen LogP contribution is 2.28. The molecule has 1 aliphatic rings. The Balaban J connectivity index is 1.88. The summed E-state index contributed by atoms with van der Waals surface area (Å²) < 4.78 is 0. The second kappa shape index (κ2) is 5.96. The van der Waals surface area contributed by atoms with E-state index in [1.807, 2.05) is 18.2 Å². The topological polar surface area (TPSA) is 55.1 Å². The molecule has 1 aliphatic carbocycles. The third-order valence-corrected chi connectivity index (χ3v) is 4.28. The summed E-state index contributed by atoms with van der Waals surface area (Å²) in [5.74, 6) is 0.0214. The maximum atomic E-state index is 12.4. The molecule has 3 heteroatoms. The van der Waals surface area contributed by atoms with Crippen molar-refractivity contribution in [2.24, 2.45) is 5.73 Å². The van der Waals surface area contributed by atoms with Crippen molar-refractivity contribution in [1.29, 1.82) is 0 Å². The van der Waals surface area contributed by atoms with Crippen molar-refractivity contribution in [1.82, 2.24) is 5.32 Å². The van der Waals surface area contributed by atoms with Gasteiger partial charge in [0.1, 0.15) is 0 Å². The molecule has 0 heterocycles. The second-order valence-corrected chi connectivity index (χ2v) is 6.69. The molecular formula is C17H26N2O. The average Bonchev–Trinajstić information content (AvgIpc) is 2.86. The summed E-state index contributed by atoms with van der Waals surface area (Å²) in [6, 6.07) is 10.4. The van der Waals surface area contributed by atoms with Gasteiger partial charge in [-0.1, -0.05) is 43.2 Å². The minimum Gasteiger partial charge on any atom is -0.350 e. The van der Waals surface area contributed by atoms with Gasteiger partial charge in [0.25, 0.3) is 0 Å². The van der Waals surface area contributed by atoms with E-state index in [1.54, 1.807) is 0 Å². The number of nitrogens with one attached hydrogen (secondary N) is 1. The lowest BCUT2D eigenvalue weighted by Crippen LogP contribution is -2.57. The van der Waals surface area contributed by atoms with Crippen LogP contribution in [0.2, 0.25) is 0 Å². The van der Waals surface area contributed by atoms with Crippen molar-refractivity contribution in [2.75, 3.05) is 0 Å². The Morgan fingerprint density at radius 3 is 2.45 bits per heavy atom. The quantitative estimate of drug-likeness (QED) is 0.867. The molecule has 3 nitrogen and oxygen atoms in total. The molecule has 1 aromatic carbocycles. The molecule has 0 spiro atoms. The summed E-state index contributed by atoms with van der Waals surface area (Å²) in [5.41, 5.74) is 6.65. The maximum absolute atomic E-state index is 12.4. The van der Waals surface area contributed by atoms with E-state index in [0.717, 1.165) is 38.5 Å². The first-order valence-electron chi connectivity index (χ1n) is 7.57. The fourth-order valence-electron chi connectivity index (χ4n) is 2.83. The van der Waals surface area contributed by atoms with Crippen LogP contribution in [0.1, 0.15) is 51.5 Å². The highest BCUT2D eigenvalue weighted by Gasteiger charge is 2.38. The fourth-order valence-corrected chi connectivity index (χ4v) is 2.83. The molecule has 0 bridgehead atoms. The highest BCUT2D eigenvalue weighted by molar-refractivity contribution is 5.86. The predicted molar refractivity (Wildman–Crippen MR) is 82.4 cm³/mol. The standard InChI is InChI=1S/C17H26N2O/c1-16(2,13-10-14-8-4-3-5-9-14)19-15(20)17(18)11-6-7-12-17/h3-5,8-9H,6-7,10-13,18H2,1-2H3,(H,19,20). The number of carbonyl (C=O) groups is 1. The van der Waals surface area contributed by atoms with Crippen molar-refractivity contribution in [2.45, 2.75) is 63.5 Å². The van der Waals surface area contributed by atoms with Crippen LogP contribution in [0.4, 0.5) is 0 Å². The molecule has 0 atom stereocenters. The van der Waals surface area contributed by atoms with Gasteiger partial charge in [-0.2, -0.15) is 0 Å². The lowest BCUT2D eigenvalue weighted by atomic mass is 9.92. The number of rotatable bonds is 5. The highest BCUT2D eigenvalue weighted by atomic mass is 16.2. The van der Waals surface area contributed by atoms with Crippen molar-refractivity contribution < 1.29 is 4.79 Å². The minimum atomic E-state index is -0.635. The largest absolute Gasteiger partial charge is 0.350 e. The minimum absolute atomic E-state index is 0.0214. The van der Waals surface area contributed by atoms with Crippen molar-refractivity contribution in [3.63, 3.8) is 0 Å². The summed E-state index contributed by atoms with van der Waals surface area (Å²) in [7, 11) is 0. The molecule has 0 unspecified atom stereocenters. The van der Waals surface area contributed by atoms with Gasteiger partial charge < -0.3 is 11.1 Å². The van der Waals surface area contributed by atoms with Crippen molar-refractivity contribution >= 4 is 5.91 Å². The number of aryl methyl sites for hydroxylation is 1. The van der Waals surface area contributed by atoms with E-state index in [2.05, 4.69) is 31.3 Å². The van der Waals surface area contributed by atoms with Crippen molar-refractivity contribution in [3.05, 3.63) is 35.9 Å². The summed E-state index contributed by atoms with van der Waals surface area (Å²) in [6.45, 7) is 4.15. The van der Waals surface area contributed by atoms with Gasteiger partial charge in [0, 0.05) is 5.54 Å². The predicted octanol–water partition coefficient (Wildman–Crippen LogP) is 2.79. The normalized spacial score (nSPS) is 17.9. The summed E-state index contributed by atoms with van der Waals surface area (Å²) in [5, 5.41) is 3.15. The number of nitrogens with two attached hydrogens (primary N) is 1. The first-order chi connectivity index (χ1) is 9.41. The third-order valence-electron chi connectivity index (χ3n) is 4.28. The van der Waals surface area contributed by atoms with Crippen LogP contribution in [0.3, 0.4) is 0 Å². The number of hydrogen-bond acceptors (Lipinski definition) is 2. The Morgan fingerprint density at radius 1 is 1.25 bits per heavy atom. The number of benzene rings is 1. The van der Waals surface area contributed by atoms with E-state index in [9.17, 15) is 4.79 Å². The Kier molecular flexibility index (Phi) is 4.48. The van der Waals surface area contributed by atoms with Gasteiger partial charge in [-0.3, -0.25) is 4.79 Å². The molecule has 1 saturated carbocycles. The number of hydrogen-bond donors (Lipinski definition) is 2. The Labute approximate surface area is 121 Å². The lowest BCUT2D eigenvalue weighted by Gasteiger charge is -2.32. The SMILES string of the molecule is CC(C)(CCc1ccccc1)NC(=O)C1(N)CCCC1. The molecule has 0 aliphatic heterocycles. The first kappa shape index (κ1) is 15.0. The van der Waals surface area contributed by atoms with Gasteiger partial charge in [0.15, 0.2) is 0 Å². The van der Waals surface area contributed by atoms with Gasteiger partial charge in [0.05, 0.1) is 5.54 Å². The van der Waals surface area contributed by atoms with Gasteiger partial charge in [-0.15, -0.1) is 0 Å². The molecule has 0 aromatic heterocycles. The number of carbonyl (C=O) groups excluding carboxylic acids is 1. The number of amides is 1. The van der Waals surface area contributed by atoms with Crippen LogP contribution < -0.4 is 11.1 Å². The smallest absolute Gasteiger partial charge is 0.240 e. The van der Waals surface area contributed by atoms with Crippen LogP contribution in [0.5, 0.6) is 0 Å². The molecule has 0 radical (unpaired) electrons.